The molecule has 0 aromatic rings. The van der Waals surface area contributed by atoms with Crippen molar-refractivity contribution in [3.05, 3.63) is 12.2 Å². The highest BCUT2D eigenvalue weighted by Crippen LogP contribution is 2.03. The van der Waals surface area contributed by atoms with E-state index >= 15 is 0 Å². The molecule has 0 bridgehead atoms. The summed E-state index contributed by atoms with van der Waals surface area (Å²) < 4.78 is 0. The molecule has 1 heteroatoms. The molecule has 0 heterocycles. The predicted molar refractivity (Wildman–Crippen MR) is 51.8 cm³/mol. The van der Waals surface area contributed by atoms with Gasteiger partial charge in [-0.2, -0.15) is 0 Å². The number of rotatable bonds is 5. The fraction of sp³-hybridized carbons (Fsp3) is 0.800. The molecule has 1 unspecified atom stereocenters. The van der Waals surface area contributed by atoms with E-state index in [1.807, 2.05) is 0 Å². The zero-order chi connectivity index (χ0) is 8.69. The number of hydrogen-bond acceptors (Lipinski definition) is 1. The Morgan fingerprint density at radius 1 is 1.27 bits per heavy atom. The van der Waals surface area contributed by atoms with E-state index < -0.39 is 0 Å². The summed E-state index contributed by atoms with van der Waals surface area (Å²) in [5, 5.41) is 0. The first-order chi connectivity index (χ1) is 5.16. The third kappa shape index (κ3) is 7.60. The lowest BCUT2D eigenvalue weighted by Gasteiger charge is -2.14. The summed E-state index contributed by atoms with van der Waals surface area (Å²) in [6.45, 7) is 5.65. The van der Waals surface area contributed by atoms with Crippen LogP contribution in [-0.2, 0) is 0 Å². The van der Waals surface area contributed by atoms with Gasteiger partial charge in [-0.25, -0.2) is 0 Å². The fourth-order valence-electron chi connectivity index (χ4n) is 1.19. The molecule has 1 atom stereocenters. The van der Waals surface area contributed by atoms with Crippen LogP contribution in [0.3, 0.4) is 0 Å². The maximum absolute atomic E-state index is 2.29. The van der Waals surface area contributed by atoms with Gasteiger partial charge in [-0.3, -0.25) is 0 Å². The monoisotopic (exact) mass is 155 g/mol. The second-order valence-electron chi connectivity index (χ2n) is 3.48. The second kappa shape index (κ2) is 6.41. The molecule has 0 N–H and O–H groups in total. The highest BCUT2D eigenvalue weighted by molar-refractivity contribution is 4.82. The first-order valence-corrected chi connectivity index (χ1v) is 4.46. The molecular weight excluding hydrogens is 134 g/mol. The van der Waals surface area contributed by atoms with Gasteiger partial charge in [0.25, 0.3) is 0 Å². The van der Waals surface area contributed by atoms with Crippen LogP contribution in [0.2, 0.25) is 0 Å². The second-order valence-corrected chi connectivity index (χ2v) is 3.48. The molecular formula is C10H21N. The highest BCUT2D eigenvalue weighted by atomic mass is 15.0. The highest BCUT2D eigenvalue weighted by Gasteiger charge is 1.99. The van der Waals surface area contributed by atoms with E-state index in [0.717, 1.165) is 12.3 Å². The van der Waals surface area contributed by atoms with Gasteiger partial charge in [0.2, 0.25) is 0 Å². The van der Waals surface area contributed by atoms with E-state index in [-0.39, 0.29) is 0 Å². The quantitative estimate of drug-likeness (QED) is 0.551. The lowest BCUT2D eigenvalue weighted by Crippen LogP contribution is -2.19. The van der Waals surface area contributed by atoms with E-state index in [1.54, 1.807) is 0 Å². The molecule has 66 valence electrons. The van der Waals surface area contributed by atoms with Crippen molar-refractivity contribution < 1.29 is 0 Å². The zero-order valence-electron chi connectivity index (χ0n) is 8.30. The average Bonchev–Trinajstić information content (AvgIpc) is 1.86. The molecule has 0 radical (unpaired) electrons. The molecule has 0 aliphatic rings. The number of nitrogens with zero attached hydrogens (tertiary/aromatic N) is 1. The molecule has 0 aliphatic heterocycles. The fourth-order valence-corrected chi connectivity index (χ4v) is 1.19. The average molecular weight is 155 g/mol. The molecule has 0 aliphatic carbocycles. The lowest BCUT2D eigenvalue weighted by molar-refractivity contribution is 0.341. The molecule has 0 saturated carbocycles. The van der Waals surface area contributed by atoms with Gasteiger partial charge < -0.3 is 4.90 Å². The predicted octanol–water partition coefficient (Wildman–Crippen LogP) is 2.54. The minimum Gasteiger partial charge on any atom is -0.309 e. The molecule has 0 spiro atoms. The Morgan fingerprint density at radius 2 is 1.91 bits per heavy atom. The first kappa shape index (κ1) is 10.7. The molecule has 0 rings (SSSR count). The molecule has 0 saturated heterocycles. The maximum atomic E-state index is 2.29. The minimum atomic E-state index is 0.785. The van der Waals surface area contributed by atoms with Crippen LogP contribution >= 0.6 is 0 Å². The van der Waals surface area contributed by atoms with Crippen molar-refractivity contribution in [2.45, 2.75) is 26.7 Å². The van der Waals surface area contributed by atoms with E-state index in [1.165, 1.54) is 13.0 Å². The molecule has 11 heavy (non-hydrogen) atoms. The van der Waals surface area contributed by atoms with E-state index in [4.69, 9.17) is 0 Å². The summed E-state index contributed by atoms with van der Waals surface area (Å²) >= 11 is 0. The van der Waals surface area contributed by atoms with Crippen molar-refractivity contribution in [3.8, 4) is 0 Å². The topological polar surface area (TPSA) is 3.24 Å². The van der Waals surface area contributed by atoms with Crippen molar-refractivity contribution in [2.75, 3.05) is 20.6 Å². The molecule has 0 fully saturated rings. The molecule has 0 aromatic carbocycles. The lowest BCUT2D eigenvalue weighted by atomic mass is 10.1. The third-order valence-corrected chi connectivity index (χ3v) is 1.62. The molecule has 0 amide bonds. The zero-order valence-corrected chi connectivity index (χ0v) is 8.30. The Labute approximate surface area is 71.1 Å². The van der Waals surface area contributed by atoms with Crippen LogP contribution < -0.4 is 0 Å². The summed E-state index contributed by atoms with van der Waals surface area (Å²) in [4.78, 5) is 2.24. The summed E-state index contributed by atoms with van der Waals surface area (Å²) in [5.74, 6) is 0.785. The normalized spacial score (nSPS) is 14.6. The van der Waals surface area contributed by atoms with Gasteiger partial charge in [-0.05, 0) is 32.9 Å². The van der Waals surface area contributed by atoms with Crippen LogP contribution in [0.25, 0.3) is 0 Å². The van der Waals surface area contributed by atoms with E-state index in [9.17, 15) is 0 Å². The van der Waals surface area contributed by atoms with Crippen LogP contribution in [0, 0.1) is 5.92 Å². The van der Waals surface area contributed by atoms with Gasteiger partial charge in [0.15, 0.2) is 0 Å². The summed E-state index contributed by atoms with van der Waals surface area (Å²) in [7, 11) is 4.25. The van der Waals surface area contributed by atoms with Gasteiger partial charge in [-0.1, -0.05) is 26.0 Å². The molecule has 1 nitrogen and oxygen atoms in total. The van der Waals surface area contributed by atoms with Crippen LogP contribution in [-0.4, -0.2) is 25.5 Å². The standard InChI is InChI=1S/C10H21N/c1-5-6-7-8-10(2)9-11(3)4/h6-7,10H,5,8-9H2,1-4H3/b7-6+. The Balaban J connectivity index is 3.36. The van der Waals surface area contributed by atoms with Crippen LogP contribution in [0.5, 0.6) is 0 Å². The Bertz CT molecular complexity index is 105. The Kier molecular flexibility index (Phi) is 6.24. The van der Waals surface area contributed by atoms with Gasteiger partial charge in [-0.15, -0.1) is 0 Å². The van der Waals surface area contributed by atoms with Gasteiger partial charge >= 0.3 is 0 Å². The Hall–Kier alpha value is -0.300. The summed E-state index contributed by atoms with van der Waals surface area (Å²) in [6, 6.07) is 0. The number of allylic oxidation sites excluding steroid dienone is 2. The van der Waals surface area contributed by atoms with Gasteiger partial charge in [0, 0.05) is 6.54 Å². The Morgan fingerprint density at radius 3 is 2.36 bits per heavy atom. The summed E-state index contributed by atoms with van der Waals surface area (Å²) in [6.07, 6.45) is 6.90. The minimum absolute atomic E-state index is 0.785. The third-order valence-electron chi connectivity index (χ3n) is 1.62. The van der Waals surface area contributed by atoms with Crippen molar-refractivity contribution in [1.29, 1.82) is 0 Å². The van der Waals surface area contributed by atoms with Crippen molar-refractivity contribution in [2.24, 2.45) is 5.92 Å². The van der Waals surface area contributed by atoms with Crippen molar-refractivity contribution in [1.82, 2.24) is 4.90 Å². The maximum Gasteiger partial charge on any atom is 0.000388 e. The number of hydrogen-bond donors (Lipinski definition) is 0. The van der Waals surface area contributed by atoms with E-state index in [2.05, 4.69) is 45.0 Å². The van der Waals surface area contributed by atoms with Crippen molar-refractivity contribution in [3.63, 3.8) is 0 Å². The first-order valence-electron chi connectivity index (χ1n) is 4.46. The molecule has 0 aromatic heterocycles. The largest absolute Gasteiger partial charge is 0.309 e. The summed E-state index contributed by atoms with van der Waals surface area (Å²) in [5.41, 5.74) is 0. The smallest absolute Gasteiger partial charge is 0.000388 e. The van der Waals surface area contributed by atoms with Crippen LogP contribution in [0.15, 0.2) is 12.2 Å². The van der Waals surface area contributed by atoms with Crippen LogP contribution in [0.1, 0.15) is 26.7 Å². The van der Waals surface area contributed by atoms with Crippen molar-refractivity contribution >= 4 is 0 Å². The van der Waals surface area contributed by atoms with Gasteiger partial charge in [0.1, 0.15) is 0 Å². The van der Waals surface area contributed by atoms with E-state index in [0.29, 0.717) is 0 Å². The SMILES string of the molecule is CC/C=C/CC(C)CN(C)C. The van der Waals surface area contributed by atoms with Crippen LogP contribution in [0.4, 0.5) is 0 Å². The van der Waals surface area contributed by atoms with Gasteiger partial charge in [0.05, 0.1) is 0 Å².